The highest BCUT2D eigenvalue weighted by atomic mass is 19.1. The topological polar surface area (TPSA) is 99.9 Å². The van der Waals surface area contributed by atoms with Crippen molar-refractivity contribution in [3.05, 3.63) is 66.5 Å². The van der Waals surface area contributed by atoms with Crippen molar-refractivity contribution in [2.75, 3.05) is 20.3 Å². The van der Waals surface area contributed by atoms with E-state index >= 15 is 0 Å². The predicted molar refractivity (Wildman–Crippen MR) is 118 cm³/mol. The van der Waals surface area contributed by atoms with Gasteiger partial charge in [0.15, 0.2) is 17.6 Å². The molecule has 0 saturated heterocycles. The molecule has 33 heavy (non-hydrogen) atoms. The van der Waals surface area contributed by atoms with Crippen molar-refractivity contribution in [2.45, 2.75) is 13.0 Å². The van der Waals surface area contributed by atoms with Crippen LogP contribution in [0.25, 0.3) is 17.0 Å². The number of carbonyl (C=O) groups excluding carboxylic acids is 1. The zero-order valence-electron chi connectivity index (χ0n) is 18.1. The molecule has 1 N–H and O–H groups in total. The number of aromatic nitrogens is 4. The summed E-state index contributed by atoms with van der Waals surface area (Å²) in [7, 11) is 1.58. The molecule has 170 valence electrons. The average molecular weight is 451 g/mol. The Balaban J connectivity index is 1.30. The minimum atomic E-state index is -0.682. The van der Waals surface area contributed by atoms with Crippen molar-refractivity contribution in [1.82, 2.24) is 25.1 Å². The normalized spacial score (nSPS) is 11.7. The molecule has 0 aliphatic carbocycles. The molecule has 2 aromatic heterocycles. The van der Waals surface area contributed by atoms with E-state index in [1.807, 2.05) is 0 Å². The Morgan fingerprint density at radius 2 is 1.88 bits per heavy atom. The fourth-order valence-corrected chi connectivity index (χ4v) is 3.04. The van der Waals surface area contributed by atoms with Gasteiger partial charge in [0.2, 0.25) is 5.88 Å². The van der Waals surface area contributed by atoms with Crippen LogP contribution in [-0.2, 0) is 4.79 Å². The monoisotopic (exact) mass is 451 g/mol. The van der Waals surface area contributed by atoms with E-state index in [4.69, 9.17) is 14.2 Å². The van der Waals surface area contributed by atoms with Crippen LogP contribution in [0.3, 0.4) is 0 Å². The number of ether oxygens (including phenoxy) is 3. The quantitative estimate of drug-likeness (QED) is 0.391. The van der Waals surface area contributed by atoms with Gasteiger partial charge in [0.05, 0.1) is 13.7 Å². The van der Waals surface area contributed by atoms with Crippen LogP contribution in [0.5, 0.6) is 17.4 Å². The molecule has 10 heteroatoms. The average Bonchev–Trinajstić information content (AvgIpc) is 3.25. The Bertz CT molecular complexity index is 1250. The Labute approximate surface area is 189 Å². The molecule has 1 atom stereocenters. The number of halogens is 1. The van der Waals surface area contributed by atoms with Crippen LogP contribution in [0.2, 0.25) is 0 Å². The molecule has 0 bridgehead atoms. The molecule has 1 amide bonds. The van der Waals surface area contributed by atoms with Gasteiger partial charge in [0.25, 0.3) is 5.91 Å². The molecule has 4 aromatic rings. The lowest BCUT2D eigenvalue weighted by molar-refractivity contribution is -0.127. The fraction of sp³-hybridized carbons (Fsp3) is 0.217. The second kappa shape index (κ2) is 9.94. The number of benzene rings is 2. The molecule has 0 saturated carbocycles. The first-order valence-corrected chi connectivity index (χ1v) is 10.2. The maximum Gasteiger partial charge on any atom is 0.260 e. The second-order valence-electron chi connectivity index (χ2n) is 7.05. The first kappa shape index (κ1) is 22.0. The molecule has 0 aliphatic rings. The number of methoxy groups -OCH3 is 1. The highest BCUT2D eigenvalue weighted by Crippen LogP contribution is 2.20. The fourth-order valence-electron chi connectivity index (χ4n) is 3.04. The van der Waals surface area contributed by atoms with E-state index in [0.29, 0.717) is 34.4 Å². The van der Waals surface area contributed by atoms with Gasteiger partial charge < -0.3 is 19.5 Å². The van der Waals surface area contributed by atoms with Crippen molar-refractivity contribution < 1.29 is 23.4 Å². The van der Waals surface area contributed by atoms with E-state index in [9.17, 15) is 9.18 Å². The van der Waals surface area contributed by atoms with Crippen LogP contribution in [0, 0.1) is 5.82 Å². The number of amides is 1. The number of nitrogens with zero attached hydrogens (tertiary/aromatic N) is 4. The molecule has 0 spiro atoms. The first-order valence-electron chi connectivity index (χ1n) is 10.2. The van der Waals surface area contributed by atoms with Gasteiger partial charge >= 0.3 is 0 Å². The largest absolute Gasteiger partial charge is 0.497 e. The zero-order valence-corrected chi connectivity index (χ0v) is 18.1. The van der Waals surface area contributed by atoms with Crippen LogP contribution in [0.4, 0.5) is 4.39 Å². The third kappa shape index (κ3) is 5.35. The summed E-state index contributed by atoms with van der Waals surface area (Å²) in [5.74, 6) is 1.33. The summed E-state index contributed by atoms with van der Waals surface area (Å²) in [6, 6.07) is 16.3. The maximum atomic E-state index is 13.6. The number of hydrogen-bond acceptors (Lipinski definition) is 7. The van der Waals surface area contributed by atoms with E-state index in [0.717, 1.165) is 0 Å². The summed E-state index contributed by atoms with van der Waals surface area (Å²) in [5, 5.41) is 15.2. The molecular weight excluding hydrogens is 429 g/mol. The van der Waals surface area contributed by atoms with Gasteiger partial charge in [-0.3, -0.25) is 4.79 Å². The molecule has 0 radical (unpaired) electrons. The SMILES string of the molecule is COc1ccc(OC(C)C(=O)NCCOc2ccc3nnc(-c4cccc(F)c4)n3n2)cc1. The lowest BCUT2D eigenvalue weighted by atomic mass is 10.2. The van der Waals surface area contributed by atoms with Crippen LogP contribution < -0.4 is 19.5 Å². The Morgan fingerprint density at radius 1 is 1.09 bits per heavy atom. The third-order valence-electron chi connectivity index (χ3n) is 4.71. The lowest BCUT2D eigenvalue weighted by Gasteiger charge is -2.15. The number of fused-ring (bicyclic) bond motifs is 1. The van der Waals surface area contributed by atoms with Gasteiger partial charge in [-0.05, 0) is 49.4 Å². The molecule has 2 heterocycles. The number of nitrogens with one attached hydrogen (secondary N) is 1. The molecule has 1 unspecified atom stereocenters. The molecule has 2 aromatic carbocycles. The zero-order chi connectivity index (χ0) is 23.2. The van der Waals surface area contributed by atoms with Gasteiger partial charge in [-0.15, -0.1) is 15.3 Å². The van der Waals surface area contributed by atoms with Crippen molar-refractivity contribution >= 4 is 11.6 Å². The summed E-state index contributed by atoms with van der Waals surface area (Å²) in [5.41, 5.74) is 1.05. The number of carbonyl (C=O) groups is 1. The molecule has 0 fully saturated rings. The van der Waals surface area contributed by atoms with Gasteiger partial charge in [-0.1, -0.05) is 12.1 Å². The Kier molecular flexibility index (Phi) is 6.63. The van der Waals surface area contributed by atoms with Crippen LogP contribution >= 0.6 is 0 Å². The predicted octanol–water partition coefficient (Wildman–Crippen LogP) is 2.90. The Hall–Kier alpha value is -4.21. The van der Waals surface area contributed by atoms with E-state index in [1.165, 1.54) is 16.6 Å². The molecule has 4 rings (SSSR count). The van der Waals surface area contributed by atoms with Gasteiger partial charge in [-0.25, -0.2) is 4.39 Å². The summed E-state index contributed by atoms with van der Waals surface area (Å²) in [6.45, 7) is 2.11. The third-order valence-corrected chi connectivity index (χ3v) is 4.71. The first-order chi connectivity index (χ1) is 16.0. The van der Waals surface area contributed by atoms with E-state index in [-0.39, 0.29) is 24.9 Å². The van der Waals surface area contributed by atoms with Crippen molar-refractivity contribution in [2.24, 2.45) is 0 Å². The molecule has 9 nitrogen and oxygen atoms in total. The van der Waals surface area contributed by atoms with Gasteiger partial charge in [0.1, 0.15) is 23.9 Å². The van der Waals surface area contributed by atoms with E-state index in [2.05, 4.69) is 20.6 Å². The minimum Gasteiger partial charge on any atom is -0.497 e. The van der Waals surface area contributed by atoms with Crippen molar-refractivity contribution in [1.29, 1.82) is 0 Å². The highest BCUT2D eigenvalue weighted by molar-refractivity contribution is 5.80. The lowest BCUT2D eigenvalue weighted by Crippen LogP contribution is -2.38. The molecule has 0 aliphatic heterocycles. The summed E-state index contributed by atoms with van der Waals surface area (Å²) >= 11 is 0. The van der Waals surface area contributed by atoms with Crippen molar-refractivity contribution in [3.63, 3.8) is 0 Å². The van der Waals surface area contributed by atoms with Crippen LogP contribution in [-0.4, -0.2) is 52.1 Å². The number of rotatable bonds is 9. The molecular formula is C23H22FN5O4. The van der Waals surface area contributed by atoms with E-state index < -0.39 is 6.10 Å². The minimum absolute atomic E-state index is 0.191. The second-order valence-corrected chi connectivity index (χ2v) is 7.05. The standard InChI is InChI=1S/C23H22FN5O4/c1-15(33-19-8-6-18(31-2)7-9-19)23(30)25-12-13-32-21-11-10-20-26-27-22(29(20)28-21)16-4-3-5-17(24)14-16/h3-11,14-15H,12-13H2,1-2H3,(H,25,30). The smallest absolute Gasteiger partial charge is 0.260 e. The number of hydrogen-bond donors (Lipinski definition) is 1. The highest BCUT2D eigenvalue weighted by Gasteiger charge is 2.15. The van der Waals surface area contributed by atoms with E-state index in [1.54, 1.807) is 62.6 Å². The van der Waals surface area contributed by atoms with Crippen LogP contribution in [0.15, 0.2) is 60.7 Å². The van der Waals surface area contributed by atoms with Crippen LogP contribution in [0.1, 0.15) is 6.92 Å². The van der Waals surface area contributed by atoms with Gasteiger partial charge in [0, 0.05) is 11.6 Å². The summed E-state index contributed by atoms with van der Waals surface area (Å²) in [6.07, 6.45) is -0.682. The summed E-state index contributed by atoms with van der Waals surface area (Å²) in [4.78, 5) is 12.3. The van der Waals surface area contributed by atoms with Crippen molar-refractivity contribution in [3.8, 4) is 28.8 Å². The maximum absolute atomic E-state index is 13.6. The summed E-state index contributed by atoms with van der Waals surface area (Å²) < 4.78 is 31.4. The Morgan fingerprint density at radius 3 is 2.64 bits per heavy atom. The van der Waals surface area contributed by atoms with Gasteiger partial charge in [-0.2, -0.15) is 4.52 Å².